The average Bonchev–Trinajstić information content (AvgIpc) is 3.19. The Morgan fingerprint density at radius 3 is 3.16 bits per heavy atom. The zero-order valence-electron chi connectivity index (χ0n) is 11.1. The maximum absolute atomic E-state index is 12.1. The maximum atomic E-state index is 12.1. The summed E-state index contributed by atoms with van der Waals surface area (Å²) in [6, 6.07) is 2.18. The van der Waals surface area contributed by atoms with Gasteiger partial charge in [0.25, 0.3) is 5.91 Å². The number of nitrogens with zero attached hydrogens (tertiary/aromatic N) is 2. The lowest BCUT2D eigenvalue weighted by Gasteiger charge is -2.23. The first-order valence-corrected chi connectivity index (χ1v) is 6.92. The van der Waals surface area contributed by atoms with E-state index in [1.54, 1.807) is 6.20 Å². The molecule has 2 fully saturated rings. The molecule has 6 nitrogen and oxygen atoms in total. The van der Waals surface area contributed by atoms with E-state index >= 15 is 0 Å². The fourth-order valence-electron chi connectivity index (χ4n) is 2.46. The molecule has 1 aromatic rings. The van der Waals surface area contributed by atoms with Crippen LogP contribution in [0, 0.1) is 5.92 Å². The molecule has 1 saturated carbocycles. The largest absolute Gasteiger partial charge is 0.366 e. The van der Waals surface area contributed by atoms with Crippen LogP contribution in [-0.2, 0) is 9.53 Å². The number of aromatic nitrogens is 2. The van der Waals surface area contributed by atoms with Crippen LogP contribution in [0.2, 0.25) is 0 Å². The van der Waals surface area contributed by atoms with Crippen molar-refractivity contribution in [3.05, 3.63) is 12.3 Å². The number of ether oxygens (including phenoxy) is 1. The predicted octanol–water partition coefficient (Wildman–Crippen LogP) is 0.781. The molecular weight excluding hydrogens is 244 g/mol. The van der Waals surface area contributed by atoms with Crippen molar-refractivity contribution >= 4 is 11.7 Å². The summed E-state index contributed by atoms with van der Waals surface area (Å²) >= 11 is 0. The van der Waals surface area contributed by atoms with Crippen molar-refractivity contribution in [1.82, 2.24) is 15.1 Å². The molecule has 0 aromatic carbocycles. The molecule has 104 valence electrons. The first kappa shape index (κ1) is 12.6. The van der Waals surface area contributed by atoms with Gasteiger partial charge in [0.1, 0.15) is 11.9 Å². The van der Waals surface area contributed by atoms with Crippen LogP contribution >= 0.6 is 0 Å². The highest BCUT2D eigenvalue weighted by Gasteiger charge is 2.31. The van der Waals surface area contributed by atoms with Crippen molar-refractivity contribution in [2.75, 3.05) is 25.0 Å². The highest BCUT2D eigenvalue weighted by atomic mass is 16.5. The number of rotatable bonds is 4. The van der Waals surface area contributed by atoms with Gasteiger partial charge in [0.2, 0.25) is 0 Å². The molecule has 1 aliphatic carbocycles. The van der Waals surface area contributed by atoms with Gasteiger partial charge in [-0.3, -0.25) is 4.79 Å². The van der Waals surface area contributed by atoms with Gasteiger partial charge >= 0.3 is 0 Å². The zero-order chi connectivity index (χ0) is 13.2. The molecule has 0 radical (unpaired) electrons. The summed E-state index contributed by atoms with van der Waals surface area (Å²) in [4.78, 5) is 12.1. The highest BCUT2D eigenvalue weighted by molar-refractivity contribution is 5.93. The second-order valence-corrected chi connectivity index (χ2v) is 5.29. The van der Waals surface area contributed by atoms with E-state index in [0.717, 1.165) is 12.4 Å². The number of nitrogens with one attached hydrogen (secondary N) is 2. The average molecular weight is 264 g/mol. The third-order valence-electron chi connectivity index (χ3n) is 3.83. The van der Waals surface area contributed by atoms with E-state index in [9.17, 15) is 4.79 Å². The lowest BCUT2D eigenvalue weighted by molar-refractivity contribution is -0.128. The predicted molar refractivity (Wildman–Crippen MR) is 70.9 cm³/mol. The van der Waals surface area contributed by atoms with E-state index in [0.29, 0.717) is 25.1 Å². The van der Waals surface area contributed by atoms with Gasteiger partial charge in [0.15, 0.2) is 0 Å². The van der Waals surface area contributed by atoms with Crippen molar-refractivity contribution in [3.8, 4) is 0 Å². The van der Waals surface area contributed by atoms with Crippen LogP contribution in [0.25, 0.3) is 0 Å². The minimum Gasteiger partial charge on any atom is -0.366 e. The summed E-state index contributed by atoms with van der Waals surface area (Å²) in [5, 5.41) is 10.4. The molecule has 2 heterocycles. The topological polar surface area (TPSA) is 68.2 Å². The lowest BCUT2D eigenvalue weighted by Crippen LogP contribution is -2.45. The minimum absolute atomic E-state index is 0.100. The molecule has 2 N–H and O–H groups in total. The molecule has 1 aromatic heterocycles. The first-order chi connectivity index (χ1) is 9.25. The molecule has 6 heteroatoms. The van der Waals surface area contributed by atoms with Crippen molar-refractivity contribution in [3.63, 3.8) is 0 Å². The van der Waals surface area contributed by atoms with E-state index in [4.69, 9.17) is 4.74 Å². The molecule has 19 heavy (non-hydrogen) atoms. The molecule has 0 unspecified atom stereocenters. The number of amides is 1. The van der Waals surface area contributed by atoms with Gasteiger partial charge in [0.05, 0.1) is 18.8 Å². The number of carbonyl (C=O) groups excluding carboxylic acids is 1. The van der Waals surface area contributed by atoms with Crippen LogP contribution < -0.4 is 10.6 Å². The fraction of sp³-hybridized carbons (Fsp3) is 0.692. The summed E-state index contributed by atoms with van der Waals surface area (Å²) < 4.78 is 7.35. The van der Waals surface area contributed by atoms with Crippen LogP contribution in [0.3, 0.4) is 0 Å². The Bertz CT molecular complexity index is 449. The number of anilines is 1. The van der Waals surface area contributed by atoms with Crippen molar-refractivity contribution < 1.29 is 9.53 Å². The summed E-state index contributed by atoms with van der Waals surface area (Å²) in [5.41, 5.74) is 0. The van der Waals surface area contributed by atoms with Gasteiger partial charge < -0.3 is 15.4 Å². The normalized spacial score (nSPS) is 25.0. The molecule has 0 bridgehead atoms. The molecule has 3 rings (SSSR count). The highest BCUT2D eigenvalue weighted by Crippen LogP contribution is 2.40. The third-order valence-corrected chi connectivity index (χ3v) is 3.83. The summed E-state index contributed by atoms with van der Waals surface area (Å²) in [7, 11) is 0. The van der Waals surface area contributed by atoms with Gasteiger partial charge in [-0.05, 0) is 25.7 Å². The SMILES string of the molecule is C[C@H](C1CC1)n1nccc1NC(=O)[C@H]1CNCCO1. The minimum atomic E-state index is -0.409. The first-order valence-electron chi connectivity index (χ1n) is 6.92. The van der Waals surface area contributed by atoms with Crippen LogP contribution in [-0.4, -0.2) is 41.5 Å². The molecule has 1 amide bonds. The molecule has 2 atom stereocenters. The lowest BCUT2D eigenvalue weighted by atomic mass is 10.2. The third kappa shape index (κ3) is 2.79. The van der Waals surface area contributed by atoms with Gasteiger partial charge in [-0.1, -0.05) is 0 Å². The van der Waals surface area contributed by atoms with E-state index in [1.807, 2.05) is 10.7 Å². The van der Waals surface area contributed by atoms with E-state index < -0.39 is 6.10 Å². The Hall–Kier alpha value is -1.40. The second kappa shape index (κ2) is 5.30. The Balaban J connectivity index is 1.65. The van der Waals surface area contributed by atoms with Crippen molar-refractivity contribution in [2.24, 2.45) is 5.92 Å². The van der Waals surface area contributed by atoms with Crippen molar-refractivity contribution in [1.29, 1.82) is 0 Å². The Labute approximate surface area is 112 Å². The maximum Gasteiger partial charge on any atom is 0.255 e. The van der Waals surface area contributed by atoms with Crippen LogP contribution in [0.15, 0.2) is 12.3 Å². The molecule has 0 spiro atoms. The van der Waals surface area contributed by atoms with Gasteiger partial charge in [-0.2, -0.15) is 5.10 Å². The van der Waals surface area contributed by atoms with Crippen LogP contribution in [0.5, 0.6) is 0 Å². The number of morpholine rings is 1. The summed E-state index contributed by atoms with van der Waals surface area (Å²) in [6.07, 6.45) is 3.83. The Morgan fingerprint density at radius 1 is 1.63 bits per heavy atom. The van der Waals surface area contributed by atoms with Gasteiger partial charge in [0, 0.05) is 19.2 Å². The summed E-state index contributed by atoms with van der Waals surface area (Å²) in [6.45, 7) is 4.10. The van der Waals surface area contributed by atoms with E-state index in [2.05, 4.69) is 22.7 Å². The molecule has 1 saturated heterocycles. The number of hydrogen-bond acceptors (Lipinski definition) is 4. The van der Waals surface area contributed by atoms with Crippen molar-refractivity contribution in [2.45, 2.75) is 31.9 Å². The monoisotopic (exact) mass is 264 g/mol. The van der Waals surface area contributed by atoms with Gasteiger partial charge in [-0.15, -0.1) is 0 Å². The van der Waals surface area contributed by atoms with E-state index in [-0.39, 0.29) is 5.91 Å². The Kier molecular flexibility index (Phi) is 3.52. The number of carbonyl (C=O) groups is 1. The second-order valence-electron chi connectivity index (χ2n) is 5.29. The van der Waals surface area contributed by atoms with Crippen LogP contribution in [0.1, 0.15) is 25.8 Å². The smallest absolute Gasteiger partial charge is 0.255 e. The standard InChI is InChI=1S/C13H20N4O2/c1-9(10-2-3-10)17-12(4-5-15-17)16-13(18)11-8-14-6-7-19-11/h4-5,9-11,14H,2-3,6-8H2,1H3,(H,16,18)/t9-,11-/m1/s1. The van der Waals surface area contributed by atoms with Gasteiger partial charge in [-0.25, -0.2) is 4.68 Å². The molecule has 2 aliphatic rings. The summed E-state index contributed by atoms with van der Waals surface area (Å²) in [5.74, 6) is 1.36. The molecular formula is C13H20N4O2. The van der Waals surface area contributed by atoms with E-state index in [1.165, 1.54) is 12.8 Å². The zero-order valence-corrected chi connectivity index (χ0v) is 11.1. The number of hydrogen-bond donors (Lipinski definition) is 2. The Morgan fingerprint density at radius 2 is 2.47 bits per heavy atom. The van der Waals surface area contributed by atoms with Crippen LogP contribution in [0.4, 0.5) is 5.82 Å². The molecule has 1 aliphatic heterocycles. The quantitative estimate of drug-likeness (QED) is 0.843. The fourth-order valence-corrected chi connectivity index (χ4v) is 2.46.